The van der Waals surface area contributed by atoms with Crippen LogP contribution in [-0.2, 0) is 9.47 Å². The molecule has 0 unspecified atom stereocenters. The first-order chi connectivity index (χ1) is 21.9. The highest BCUT2D eigenvalue weighted by Crippen LogP contribution is 2.55. The largest absolute Gasteiger partial charge is 0.494 e. The fourth-order valence-electron chi connectivity index (χ4n) is 3.11. The Morgan fingerprint density at radius 2 is 0.600 bits per heavy atom. The predicted octanol–water partition coefficient (Wildman–Crippen LogP) is 9.26. The zero-order chi connectivity index (χ0) is 39.5. The highest BCUT2D eigenvalue weighted by atomic mass is 19.4. The van der Waals surface area contributed by atoms with Crippen LogP contribution in [0.2, 0.25) is 0 Å². The normalized spacial score (nSPS) is 14.9. The molecule has 28 heteroatoms. The van der Waals surface area contributed by atoms with Crippen molar-refractivity contribution in [2.75, 3.05) is 11.5 Å². The Morgan fingerprint density at radius 3 is 0.820 bits per heavy atom. The van der Waals surface area contributed by atoms with Gasteiger partial charge >= 0.3 is 60.8 Å². The Kier molecular flexibility index (Phi) is 10.4. The van der Waals surface area contributed by atoms with Crippen molar-refractivity contribution in [1.82, 2.24) is 0 Å². The van der Waals surface area contributed by atoms with Crippen molar-refractivity contribution in [3.63, 3.8) is 0 Å². The third kappa shape index (κ3) is 7.83. The van der Waals surface area contributed by atoms with Gasteiger partial charge in [0.1, 0.15) is 11.5 Å². The van der Waals surface area contributed by atoms with Crippen molar-refractivity contribution in [2.24, 2.45) is 0 Å². The zero-order valence-corrected chi connectivity index (χ0v) is 22.6. The number of rotatable bonds is 11. The lowest BCUT2D eigenvalue weighted by Gasteiger charge is -2.35. The van der Waals surface area contributed by atoms with Crippen LogP contribution in [0.3, 0.4) is 0 Å². The Bertz CT molecular complexity index is 1390. The Labute approximate surface area is 259 Å². The van der Waals surface area contributed by atoms with Gasteiger partial charge in [-0.3, -0.25) is 9.47 Å². The molecular formula is C22H10F22N2O4. The van der Waals surface area contributed by atoms with Crippen molar-refractivity contribution in [3.8, 4) is 22.6 Å². The highest BCUT2D eigenvalue weighted by Gasteiger charge is 2.82. The van der Waals surface area contributed by atoms with Gasteiger partial charge in [0.05, 0.1) is 0 Å². The average Bonchev–Trinajstić information content (AvgIpc) is 2.85. The molecule has 6 nitrogen and oxygen atoms in total. The second kappa shape index (κ2) is 12.4. The summed E-state index contributed by atoms with van der Waals surface area (Å²) in [6.07, 6.45) is -58.4. The molecule has 4 N–H and O–H groups in total. The molecular weight excluding hydrogens is 774 g/mol. The maximum Gasteiger partial charge on any atom is 0.494 e. The number of anilines is 2. The number of nitrogen functional groups attached to an aromatic ring is 2. The van der Waals surface area contributed by atoms with Gasteiger partial charge in [-0.1, -0.05) is 0 Å². The van der Waals surface area contributed by atoms with Crippen molar-refractivity contribution >= 4 is 11.4 Å². The number of halogens is 22. The molecule has 0 aromatic heterocycles. The number of hydrogen-bond acceptors (Lipinski definition) is 6. The molecule has 0 atom stereocenters. The van der Waals surface area contributed by atoms with Crippen molar-refractivity contribution in [3.05, 3.63) is 36.4 Å². The molecule has 2 rings (SSSR count). The van der Waals surface area contributed by atoms with Gasteiger partial charge in [0.2, 0.25) is 0 Å². The number of hydrogen-bond donors (Lipinski definition) is 2. The maximum absolute atomic E-state index is 14.4. The fraction of sp³-hybridized carbons (Fsp3) is 0.455. The molecule has 0 aliphatic carbocycles. The van der Waals surface area contributed by atoms with Crippen LogP contribution < -0.4 is 20.9 Å². The second-order valence-corrected chi connectivity index (χ2v) is 9.17. The summed E-state index contributed by atoms with van der Waals surface area (Å²) in [6.45, 7) is 0. The second-order valence-electron chi connectivity index (χ2n) is 9.17. The van der Waals surface area contributed by atoms with Crippen molar-refractivity contribution < 1.29 is 116 Å². The Hall–Kier alpha value is -3.98. The van der Waals surface area contributed by atoms with E-state index in [1.165, 1.54) is 0 Å². The minimum absolute atomic E-state index is 0.102. The van der Waals surface area contributed by atoms with E-state index in [0.717, 1.165) is 0 Å². The molecule has 0 saturated carbocycles. The SMILES string of the molecule is Nc1ccc(-c2ccc(N)cc2OC(F)(F)C(F)(F)OC(F)(C(F)(F)F)C(F)(F)F)c(OC(F)(F)C(F)(F)OC(F)(C(F)(F)F)C(F)(F)F)c1. The van der Waals surface area contributed by atoms with E-state index < -0.39 is 94.8 Å². The molecule has 0 amide bonds. The first-order valence-electron chi connectivity index (χ1n) is 11.6. The topological polar surface area (TPSA) is 89.0 Å². The van der Waals surface area contributed by atoms with Crippen LogP contribution in [0.5, 0.6) is 11.5 Å². The molecule has 0 fully saturated rings. The van der Waals surface area contributed by atoms with E-state index in [4.69, 9.17) is 11.5 Å². The van der Waals surface area contributed by atoms with E-state index in [9.17, 15) is 96.6 Å². The van der Waals surface area contributed by atoms with Gasteiger partial charge in [-0.05, 0) is 24.3 Å². The van der Waals surface area contributed by atoms with Gasteiger partial charge in [0, 0.05) is 34.6 Å². The molecule has 50 heavy (non-hydrogen) atoms. The van der Waals surface area contributed by atoms with Crippen LogP contribution in [0.15, 0.2) is 36.4 Å². The van der Waals surface area contributed by atoms with E-state index in [1.54, 1.807) is 0 Å². The smallest absolute Gasteiger partial charge is 0.425 e. The molecule has 0 aliphatic heterocycles. The summed E-state index contributed by atoms with van der Waals surface area (Å²) in [6, 6.07) is 1.11. The van der Waals surface area contributed by atoms with E-state index in [2.05, 4.69) is 9.47 Å². The summed E-state index contributed by atoms with van der Waals surface area (Å²) in [5.74, 6) is -19.2. The van der Waals surface area contributed by atoms with Crippen LogP contribution in [0.25, 0.3) is 11.1 Å². The summed E-state index contributed by atoms with van der Waals surface area (Å²) in [5, 5.41) is 0. The van der Waals surface area contributed by atoms with Gasteiger partial charge in [-0.2, -0.15) is 96.6 Å². The van der Waals surface area contributed by atoms with Crippen LogP contribution in [0.4, 0.5) is 108 Å². The van der Waals surface area contributed by atoms with Crippen LogP contribution in [0, 0.1) is 0 Å². The van der Waals surface area contributed by atoms with E-state index in [0.29, 0.717) is 12.1 Å². The van der Waals surface area contributed by atoms with Gasteiger partial charge in [0.15, 0.2) is 0 Å². The first kappa shape index (κ1) is 42.2. The molecule has 2 aromatic carbocycles. The summed E-state index contributed by atoms with van der Waals surface area (Å²) < 4.78 is 304. The minimum Gasteiger partial charge on any atom is -0.425 e. The Balaban J connectivity index is 2.69. The Morgan fingerprint density at radius 1 is 0.360 bits per heavy atom. The van der Waals surface area contributed by atoms with Crippen molar-refractivity contribution in [2.45, 2.75) is 60.8 Å². The molecule has 286 valence electrons. The summed E-state index contributed by atoms with van der Waals surface area (Å²) in [7, 11) is 0. The van der Waals surface area contributed by atoms with Crippen molar-refractivity contribution in [1.29, 1.82) is 0 Å². The van der Waals surface area contributed by atoms with Gasteiger partial charge < -0.3 is 20.9 Å². The molecule has 0 saturated heterocycles. The molecule has 2 aromatic rings. The van der Waals surface area contributed by atoms with Gasteiger partial charge in [-0.25, -0.2) is 0 Å². The first-order valence-corrected chi connectivity index (χ1v) is 11.6. The van der Waals surface area contributed by atoms with Crippen LogP contribution in [-0.4, -0.2) is 60.8 Å². The molecule has 0 radical (unpaired) electrons. The molecule has 0 spiro atoms. The van der Waals surface area contributed by atoms with Gasteiger partial charge in [0.25, 0.3) is 0 Å². The zero-order valence-electron chi connectivity index (χ0n) is 22.6. The monoisotopic (exact) mass is 784 g/mol. The van der Waals surface area contributed by atoms with Crippen LogP contribution in [0.1, 0.15) is 0 Å². The lowest BCUT2D eigenvalue weighted by atomic mass is 10.0. The summed E-state index contributed by atoms with van der Waals surface area (Å²) in [4.78, 5) is 0. The fourth-order valence-corrected chi connectivity index (χ4v) is 3.11. The lowest BCUT2D eigenvalue weighted by molar-refractivity contribution is -0.519. The summed E-state index contributed by atoms with van der Waals surface area (Å²) in [5.41, 5.74) is 5.48. The molecule has 0 bridgehead atoms. The van der Waals surface area contributed by atoms with Crippen LogP contribution >= 0.6 is 0 Å². The maximum atomic E-state index is 14.4. The summed E-state index contributed by atoms with van der Waals surface area (Å²) >= 11 is 0. The minimum atomic E-state index is -7.53. The number of nitrogens with two attached hydrogens (primary N) is 2. The predicted molar refractivity (Wildman–Crippen MR) is 116 cm³/mol. The number of ether oxygens (including phenoxy) is 4. The lowest BCUT2D eigenvalue weighted by Crippen LogP contribution is -2.62. The number of alkyl halides is 22. The van der Waals surface area contributed by atoms with E-state index in [-0.39, 0.29) is 24.3 Å². The highest BCUT2D eigenvalue weighted by molar-refractivity contribution is 5.79. The number of benzene rings is 2. The van der Waals surface area contributed by atoms with E-state index >= 15 is 0 Å². The average molecular weight is 784 g/mol. The standard InChI is InChI=1S/C22H10F22N2O4/c23-13(15(25,26)27,16(28,29)30)49-21(41,42)19(37,38)47-11-5-7(45)1-3-9(11)10-4-2-8(46)6-12(10)48-20(39,40)22(43,44)50-14(24,17(31,32)33)18(34,35)36/h1-6H,45-46H2. The third-order valence-corrected chi connectivity index (χ3v) is 5.45. The molecule has 0 heterocycles. The van der Waals surface area contributed by atoms with Gasteiger partial charge in [-0.15, -0.1) is 0 Å². The quantitative estimate of drug-likeness (QED) is 0.175. The third-order valence-electron chi connectivity index (χ3n) is 5.45. The molecule has 0 aliphatic rings. The van der Waals surface area contributed by atoms with E-state index in [1.807, 2.05) is 9.47 Å².